The molecule has 1 aliphatic heterocycles. The average Bonchev–Trinajstić information content (AvgIpc) is 3.36. The highest BCUT2D eigenvalue weighted by atomic mass is 35.5. The fourth-order valence-electron chi connectivity index (χ4n) is 5.08. The van der Waals surface area contributed by atoms with Crippen LogP contribution in [0.1, 0.15) is 66.4 Å². The first-order valence-electron chi connectivity index (χ1n) is 12.0. The lowest BCUT2D eigenvalue weighted by Gasteiger charge is -2.20. The minimum atomic E-state index is -1.42. The van der Waals surface area contributed by atoms with E-state index in [0.29, 0.717) is 11.1 Å². The molecule has 1 aliphatic carbocycles. The van der Waals surface area contributed by atoms with E-state index in [9.17, 15) is 19.2 Å². The van der Waals surface area contributed by atoms with Crippen LogP contribution in [0.25, 0.3) is 5.57 Å². The number of nitrogens with zero attached hydrogens (tertiary/aromatic N) is 2. The minimum absolute atomic E-state index is 0.00131. The van der Waals surface area contributed by atoms with Crippen molar-refractivity contribution < 1.29 is 19.2 Å². The number of aliphatic imine (C=N–C) groups is 1. The third kappa shape index (κ3) is 4.34. The Hall–Kier alpha value is -2.42. The number of rotatable bonds is 4. The van der Waals surface area contributed by atoms with E-state index in [1.807, 2.05) is 0 Å². The maximum absolute atomic E-state index is 13.7. The largest absolute Gasteiger partial charge is 0.293 e. The molecule has 0 fully saturated rings. The van der Waals surface area contributed by atoms with Gasteiger partial charge in [0, 0.05) is 11.3 Å². The molecule has 5 rings (SSSR count). The summed E-state index contributed by atoms with van der Waals surface area (Å²) in [5.74, 6) is -4.24. The maximum atomic E-state index is 13.7. The van der Waals surface area contributed by atoms with E-state index in [0.717, 1.165) is 4.90 Å². The van der Waals surface area contributed by atoms with E-state index in [1.54, 1.807) is 26.0 Å². The van der Waals surface area contributed by atoms with Crippen LogP contribution in [0, 0.1) is 12.8 Å². The number of carbonyl (C=O) groups excluding carboxylic acids is 4. The van der Waals surface area contributed by atoms with E-state index in [2.05, 4.69) is 11.6 Å². The Morgan fingerprint density at radius 1 is 0.714 bits per heavy atom. The molecule has 13 heteroatoms. The number of carbonyl (C=O) groups is 4. The van der Waals surface area contributed by atoms with Gasteiger partial charge in [-0.2, -0.15) is 0 Å². The number of amides is 2. The molecule has 3 aromatic rings. The second kappa shape index (κ2) is 10.9. The summed E-state index contributed by atoms with van der Waals surface area (Å²) in [5.41, 5.74) is 1.03. The molecule has 0 saturated heterocycles. The molecule has 0 aromatic heterocycles. The number of hydrogen-bond donors (Lipinski definition) is 0. The predicted molar refractivity (Wildman–Crippen MR) is 170 cm³/mol. The highest BCUT2D eigenvalue weighted by molar-refractivity contribution is 6.56. The van der Waals surface area contributed by atoms with E-state index in [1.165, 1.54) is 13.0 Å². The second-order valence-electron chi connectivity index (χ2n) is 9.64. The summed E-state index contributed by atoms with van der Waals surface area (Å²) in [6, 6.07) is 4.77. The molecule has 1 heterocycles. The summed E-state index contributed by atoms with van der Waals surface area (Å²) < 4.78 is 0. The first-order chi connectivity index (χ1) is 19.6. The van der Waals surface area contributed by atoms with E-state index >= 15 is 0 Å². The van der Waals surface area contributed by atoms with Gasteiger partial charge in [0.25, 0.3) is 11.8 Å². The lowest BCUT2D eigenvalue weighted by atomic mass is 9.98. The number of fused-ring (bicyclic) bond motifs is 2. The van der Waals surface area contributed by atoms with Gasteiger partial charge in [-0.3, -0.25) is 24.2 Å². The average molecular weight is 704 g/mol. The first-order valence-corrected chi connectivity index (χ1v) is 14.6. The fraction of sp³-hybridized carbons (Fsp3) is 0.138. The van der Waals surface area contributed by atoms with Crippen LogP contribution in [0.15, 0.2) is 29.8 Å². The standard InChI is InChI=1S/C29H15Cl7N2O4/c1-8(2)11-6-5-7-12(38-28(41)13-9(3)18(30)22(34)21(33)17(13)29(38)42)25(11)37-10(4)14-26(39)15-16(27(14)40)20(32)24(36)23(35)19(15)31/h5-7,14H,1H2,2-4H3. The van der Waals surface area contributed by atoms with Crippen molar-refractivity contribution in [2.24, 2.45) is 10.9 Å². The zero-order valence-corrected chi connectivity index (χ0v) is 27.0. The van der Waals surface area contributed by atoms with Gasteiger partial charge in [0.2, 0.25) is 0 Å². The molecule has 0 N–H and O–H groups in total. The van der Waals surface area contributed by atoms with Crippen molar-refractivity contribution in [2.75, 3.05) is 4.90 Å². The molecule has 2 aliphatic rings. The van der Waals surface area contributed by atoms with Crippen LogP contribution in [0.5, 0.6) is 0 Å². The van der Waals surface area contributed by atoms with Crippen LogP contribution in [-0.2, 0) is 0 Å². The Balaban J connectivity index is 1.70. The summed E-state index contributed by atoms with van der Waals surface area (Å²) in [4.78, 5) is 60.0. The molecule has 0 saturated carbocycles. The number of Topliss-reactive ketones (excluding diaryl/α,β-unsaturated/α-hetero) is 2. The van der Waals surface area contributed by atoms with Crippen LogP contribution >= 0.6 is 81.2 Å². The molecular formula is C29H15Cl7N2O4. The Morgan fingerprint density at radius 3 is 1.71 bits per heavy atom. The van der Waals surface area contributed by atoms with Gasteiger partial charge in [0.05, 0.1) is 68.8 Å². The number of para-hydroxylation sites is 1. The van der Waals surface area contributed by atoms with Crippen LogP contribution in [0.3, 0.4) is 0 Å². The topological polar surface area (TPSA) is 83.9 Å². The number of halogens is 7. The van der Waals surface area contributed by atoms with Gasteiger partial charge in [0.15, 0.2) is 11.6 Å². The van der Waals surface area contributed by atoms with Gasteiger partial charge in [-0.05, 0) is 38.0 Å². The molecule has 42 heavy (non-hydrogen) atoms. The van der Waals surface area contributed by atoms with Crippen molar-refractivity contribution in [1.29, 1.82) is 0 Å². The lowest BCUT2D eigenvalue weighted by Crippen LogP contribution is -2.30. The highest BCUT2D eigenvalue weighted by Gasteiger charge is 2.46. The van der Waals surface area contributed by atoms with Crippen molar-refractivity contribution in [3.8, 4) is 0 Å². The first kappa shape index (κ1) is 31.0. The van der Waals surface area contributed by atoms with Gasteiger partial charge in [-0.1, -0.05) is 99.9 Å². The molecule has 0 radical (unpaired) electrons. The molecule has 3 aromatic carbocycles. The van der Waals surface area contributed by atoms with Crippen LogP contribution < -0.4 is 4.90 Å². The van der Waals surface area contributed by atoms with Crippen molar-refractivity contribution in [2.45, 2.75) is 20.8 Å². The van der Waals surface area contributed by atoms with Gasteiger partial charge in [-0.15, -0.1) is 0 Å². The number of hydrogen-bond acceptors (Lipinski definition) is 5. The van der Waals surface area contributed by atoms with Crippen LogP contribution in [-0.4, -0.2) is 29.1 Å². The van der Waals surface area contributed by atoms with Crippen molar-refractivity contribution in [3.63, 3.8) is 0 Å². The quantitative estimate of drug-likeness (QED) is 0.0890. The van der Waals surface area contributed by atoms with Gasteiger partial charge < -0.3 is 0 Å². The highest BCUT2D eigenvalue weighted by Crippen LogP contribution is 2.48. The molecule has 0 bridgehead atoms. The Labute approximate surface area is 274 Å². The van der Waals surface area contributed by atoms with E-state index < -0.39 is 29.3 Å². The second-order valence-corrected chi connectivity index (χ2v) is 12.3. The smallest absolute Gasteiger partial charge is 0.267 e. The van der Waals surface area contributed by atoms with Crippen molar-refractivity contribution in [1.82, 2.24) is 0 Å². The molecule has 214 valence electrons. The van der Waals surface area contributed by atoms with Gasteiger partial charge >= 0.3 is 0 Å². The Morgan fingerprint density at radius 2 is 1.19 bits per heavy atom. The van der Waals surface area contributed by atoms with E-state index in [-0.39, 0.29) is 80.1 Å². The molecule has 6 nitrogen and oxygen atoms in total. The summed E-state index contributed by atoms with van der Waals surface area (Å²) in [6.07, 6.45) is 0. The number of benzene rings is 3. The summed E-state index contributed by atoms with van der Waals surface area (Å²) in [5, 5.41) is -0.893. The fourth-order valence-corrected chi connectivity index (χ4v) is 6.86. The summed E-state index contributed by atoms with van der Waals surface area (Å²) in [6.45, 7) is 8.69. The third-order valence-corrected chi connectivity index (χ3v) is 10.3. The van der Waals surface area contributed by atoms with Crippen LogP contribution in [0.4, 0.5) is 11.4 Å². The number of anilines is 1. The third-order valence-electron chi connectivity index (χ3n) is 7.10. The normalized spacial score (nSPS) is 15.2. The molecule has 2 amide bonds. The van der Waals surface area contributed by atoms with Gasteiger partial charge in [0.1, 0.15) is 5.92 Å². The molecule has 0 atom stereocenters. The Bertz CT molecular complexity index is 1800. The molecular weight excluding hydrogens is 688 g/mol. The summed E-state index contributed by atoms with van der Waals surface area (Å²) in [7, 11) is 0. The molecule has 0 unspecified atom stereocenters. The predicted octanol–water partition coefficient (Wildman–Crippen LogP) is 10.2. The molecule has 0 spiro atoms. The SMILES string of the molecule is C=C(C)c1cccc(N2C(=O)c3c(C)c(Cl)c(Cl)c(Cl)c3C2=O)c1N=C(C)C1C(=O)c2c(Cl)c(Cl)c(Cl)c(Cl)c2C1=O. The monoisotopic (exact) mass is 700 g/mol. The van der Waals surface area contributed by atoms with Crippen molar-refractivity contribution in [3.05, 3.63) is 93.3 Å². The zero-order chi connectivity index (χ0) is 31.1. The minimum Gasteiger partial charge on any atom is -0.293 e. The summed E-state index contributed by atoms with van der Waals surface area (Å²) >= 11 is 43.8. The number of imide groups is 1. The zero-order valence-electron chi connectivity index (χ0n) is 21.7. The number of ketones is 2. The maximum Gasteiger partial charge on any atom is 0.267 e. The van der Waals surface area contributed by atoms with Crippen molar-refractivity contribution >= 4 is 127 Å². The number of allylic oxidation sites excluding steroid dienone is 1. The van der Waals surface area contributed by atoms with Gasteiger partial charge in [-0.25, -0.2) is 4.90 Å². The lowest BCUT2D eigenvalue weighted by molar-refractivity contribution is 0.0877. The van der Waals surface area contributed by atoms with Crippen LogP contribution in [0.2, 0.25) is 35.2 Å². The van der Waals surface area contributed by atoms with E-state index in [4.69, 9.17) is 81.2 Å². The Kier molecular flexibility index (Phi) is 8.08.